The third-order valence-electron chi connectivity index (χ3n) is 4.46. The molecular formula is C22H21N3O3. The van der Waals surface area contributed by atoms with E-state index in [9.17, 15) is 4.79 Å². The van der Waals surface area contributed by atoms with Gasteiger partial charge in [-0.3, -0.25) is 4.79 Å². The normalized spacial score (nSPS) is 12.7. The van der Waals surface area contributed by atoms with Gasteiger partial charge in [-0.2, -0.15) is 5.26 Å². The number of rotatable bonds is 4. The van der Waals surface area contributed by atoms with E-state index in [2.05, 4.69) is 10.5 Å². The second-order valence-electron chi connectivity index (χ2n) is 6.38. The van der Waals surface area contributed by atoms with Crippen molar-refractivity contribution in [3.8, 4) is 23.1 Å². The molecule has 0 saturated heterocycles. The summed E-state index contributed by atoms with van der Waals surface area (Å²) in [6.07, 6.45) is 3.31. The lowest BCUT2D eigenvalue weighted by Gasteiger charge is -2.25. The molecule has 2 aromatic carbocycles. The summed E-state index contributed by atoms with van der Waals surface area (Å²) in [6.45, 7) is 0. The predicted molar refractivity (Wildman–Crippen MR) is 105 cm³/mol. The van der Waals surface area contributed by atoms with Gasteiger partial charge >= 0.3 is 0 Å². The molecule has 3 aromatic rings. The summed E-state index contributed by atoms with van der Waals surface area (Å²) in [7, 11) is 1.60. The Labute approximate surface area is 163 Å². The Kier molecular flexibility index (Phi) is 6.42. The quantitative estimate of drug-likeness (QED) is 0.739. The van der Waals surface area contributed by atoms with Gasteiger partial charge < -0.3 is 14.6 Å². The van der Waals surface area contributed by atoms with Gasteiger partial charge in [-0.1, -0.05) is 35.5 Å². The standard InChI is InChI=1S/C14H14N2O2.C8H7NO/c17-14(15-11-7-4-8-11)13-9-12(16-18-13)10-5-2-1-3-6-10;1-10-8-4-2-7(6-9)3-5-8/h1-3,5-6,9,11H,4,7-8H2,(H,15,17);2-5H,1H3. The van der Waals surface area contributed by atoms with Crippen LogP contribution in [0.25, 0.3) is 11.3 Å². The minimum absolute atomic E-state index is 0.172. The van der Waals surface area contributed by atoms with E-state index in [4.69, 9.17) is 14.5 Å². The van der Waals surface area contributed by atoms with Crippen molar-refractivity contribution in [1.29, 1.82) is 5.26 Å². The predicted octanol–water partition coefficient (Wildman–Crippen LogP) is 4.19. The van der Waals surface area contributed by atoms with Crippen LogP contribution in [0.3, 0.4) is 0 Å². The smallest absolute Gasteiger partial charge is 0.290 e. The summed E-state index contributed by atoms with van der Waals surface area (Å²) >= 11 is 0. The number of benzene rings is 2. The molecule has 1 aliphatic carbocycles. The maximum absolute atomic E-state index is 11.8. The Hall–Kier alpha value is -3.59. The second-order valence-corrected chi connectivity index (χ2v) is 6.38. The number of hydrogen-bond donors (Lipinski definition) is 1. The van der Waals surface area contributed by atoms with Crippen molar-refractivity contribution in [3.05, 3.63) is 72.0 Å². The lowest BCUT2D eigenvalue weighted by Crippen LogP contribution is -2.39. The molecule has 1 heterocycles. The number of amides is 1. The van der Waals surface area contributed by atoms with Gasteiger partial charge in [0.25, 0.3) is 5.91 Å². The minimum atomic E-state index is -0.172. The minimum Gasteiger partial charge on any atom is -0.497 e. The Morgan fingerprint density at radius 2 is 1.89 bits per heavy atom. The zero-order valence-corrected chi connectivity index (χ0v) is 15.6. The lowest BCUT2D eigenvalue weighted by molar-refractivity contribution is 0.0879. The second kappa shape index (κ2) is 9.38. The van der Waals surface area contributed by atoms with Crippen LogP contribution in [0.1, 0.15) is 35.4 Å². The number of methoxy groups -OCH3 is 1. The molecule has 0 atom stereocenters. The Morgan fingerprint density at radius 3 is 2.46 bits per heavy atom. The van der Waals surface area contributed by atoms with E-state index in [1.807, 2.05) is 36.4 Å². The summed E-state index contributed by atoms with van der Waals surface area (Å²) in [6, 6.07) is 20.6. The van der Waals surface area contributed by atoms with Crippen LogP contribution < -0.4 is 10.1 Å². The molecule has 28 heavy (non-hydrogen) atoms. The summed E-state index contributed by atoms with van der Waals surface area (Å²) in [5.41, 5.74) is 2.29. The van der Waals surface area contributed by atoms with Crippen LogP contribution in [0, 0.1) is 11.3 Å². The highest BCUT2D eigenvalue weighted by atomic mass is 16.5. The molecule has 0 radical (unpaired) electrons. The summed E-state index contributed by atoms with van der Waals surface area (Å²) in [5.74, 6) is 0.883. The third kappa shape index (κ3) is 4.98. The van der Waals surface area contributed by atoms with Crippen molar-refractivity contribution in [3.63, 3.8) is 0 Å². The number of carbonyl (C=O) groups is 1. The van der Waals surface area contributed by atoms with Gasteiger partial charge in [0.15, 0.2) is 0 Å². The van der Waals surface area contributed by atoms with Crippen molar-refractivity contribution >= 4 is 5.91 Å². The molecule has 6 heteroatoms. The van der Waals surface area contributed by atoms with Crippen molar-refractivity contribution in [1.82, 2.24) is 10.5 Å². The number of hydrogen-bond acceptors (Lipinski definition) is 5. The Morgan fingerprint density at radius 1 is 1.18 bits per heavy atom. The van der Waals surface area contributed by atoms with Crippen molar-refractivity contribution in [2.45, 2.75) is 25.3 Å². The molecule has 4 rings (SSSR count). The largest absolute Gasteiger partial charge is 0.497 e. The SMILES string of the molecule is COc1ccc(C#N)cc1.O=C(NC1CCC1)c1cc(-c2ccccc2)no1. The highest BCUT2D eigenvalue weighted by Crippen LogP contribution is 2.21. The fourth-order valence-electron chi connectivity index (χ4n) is 2.60. The van der Waals surface area contributed by atoms with E-state index >= 15 is 0 Å². The van der Waals surface area contributed by atoms with Crippen LogP contribution in [-0.4, -0.2) is 24.2 Å². The molecule has 1 N–H and O–H groups in total. The topological polar surface area (TPSA) is 88.1 Å². The summed E-state index contributed by atoms with van der Waals surface area (Å²) < 4.78 is 9.99. The molecule has 6 nitrogen and oxygen atoms in total. The molecular weight excluding hydrogens is 354 g/mol. The van der Waals surface area contributed by atoms with Crippen LogP contribution in [0.5, 0.6) is 5.75 Å². The first-order valence-electron chi connectivity index (χ1n) is 9.06. The van der Waals surface area contributed by atoms with E-state index < -0.39 is 0 Å². The average Bonchev–Trinajstić information content (AvgIpc) is 3.22. The van der Waals surface area contributed by atoms with Gasteiger partial charge in [-0.05, 0) is 43.5 Å². The van der Waals surface area contributed by atoms with E-state index in [0.717, 1.165) is 24.2 Å². The van der Waals surface area contributed by atoms with Gasteiger partial charge in [0.05, 0.1) is 18.7 Å². The highest BCUT2D eigenvalue weighted by Gasteiger charge is 2.22. The van der Waals surface area contributed by atoms with E-state index in [-0.39, 0.29) is 11.7 Å². The van der Waals surface area contributed by atoms with Gasteiger partial charge in [0.2, 0.25) is 5.76 Å². The first-order valence-corrected chi connectivity index (χ1v) is 9.06. The van der Waals surface area contributed by atoms with Crippen molar-refractivity contribution in [2.75, 3.05) is 7.11 Å². The van der Waals surface area contributed by atoms with Crippen molar-refractivity contribution < 1.29 is 14.1 Å². The molecule has 1 aromatic heterocycles. The average molecular weight is 375 g/mol. The monoisotopic (exact) mass is 375 g/mol. The summed E-state index contributed by atoms with van der Waals surface area (Å²) in [5, 5.41) is 15.3. The molecule has 1 aliphatic rings. The summed E-state index contributed by atoms with van der Waals surface area (Å²) in [4.78, 5) is 11.8. The van der Waals surface area contributed by atoms with Crippen molar-refractivity contribution in [2.24, 2.45) is 0 Å². The number of nitrogens with zero attached hydrogens (tertiary/aromatic N) is 2. The molecule has 0 bridgehead atoms. The maximum atomic E-state index is 11.8. The molecule has 0 spiro atoms. The number of nitrogens with one attached hydrogen (secondary N) is 1. The van der Waals surface area contributed by atoms with Crippen LogP contribution in [0.15, 0.2) is 65.2 Å². The molecule has 0 unspecified atom stereocenters. The first-order chi connectivity index (χ1) is 13.7. The zero-order chi connectivity index (χ0) is 19.8. The Bertz CT molecular complexity index is 939. The van der Waals surface area contributed by atoms with Crippen LogP contribution >= 0.6 is 0 Å². The van der Waals surface area contributed by atoms with E-state index in [1.54, 1.807) is 37.4 Å². The molecule has 142 valence electrons. The van der Waals surface area contributed by atoms with Gasteiger partial charge in [-0.25, -0.2) is 0 Å². The van der Waals surface area contributed by atoms with E-state index in [1.165, 1.54) is 6.42 Å². The van der Waals surface area contributed by atoms with Gasteiger partial charge in [0.1, 0.15) is 11.4 Å². The maximum Gasteiger partial charge on any atom is 0.290 e. The van der Waals surface area contributed by atoms with E-state index in [0.29, 0.717) is 17.3 Å². The fraction of sp³-hybridized carbons (Fsp3) is 0.227. The Balaban J connectivity index is 0.000000192. The fourth-order valence-corrected chi connectivity index (χ4v) is 2.60. The molecule has 1 saturated carbocycles. The lowest BCUT2D eigenvalue weighted by atomic mass is 9.93. The number of aromatic nitrogens is 1. The van der Waals surface area contributed by atoms with Gasteiger partial charge in [-0.15, -0.1) is 0 Å². The molecule has 0 aliphatic heterocycles. The number of carbonyl (C=O) groups excluding carboxylic acids is 1. The van der Waals surface area contributed by atoms with Gasteiger partial charge in [0, 0.05) is 17.7 Å². The molecule has 1 amide bonds. The first kappa shape index (κ1) is 19.2. The van der Waals surface area contributed by atoms with Crippen LogP contribution in [-0.2, 0) is 0 Å². The third-order valence-corrected chi connectivity index (χ3v) is 4.46. The molecule has 1 fully saturated rings. The van der Waals surface area contributed by atoms with Crippen LogP contribution in [0.4, 0.5) is 0 Å². The zero-order valence-electron chi connectivity index (χ0n) is 15.6. The number of ether oxygens (including phenoxy) is 1. The van der Waals surface area contributed by atoms with Crippen LogP contribution in [0.2, 0.25) is 0 Å². The number of nitriles is 1. The highest BCUT2D eigenvalue weighted by molar-refractivity contribution is 5.92.